The molecule has 0 saturated carbocycles. The van der Waals surface area contributed by atoms with Gasteiger partial charge in [0, 0.05) is 12.5 Å². The fraction of sp³-hybridized carbons (Fsp3) is 0.536. The molecule has 4 amide bonds. The second kappa shape index (κ2) is 14.3. The minimum absolute atomic E-state index is 0.0387. The summed E-state index contributed by atoms with van der Waals surface area (Å²) in [5.41, 5.74) is 1.02. The summed E-state index contributed by atoms with van der Waals surface area (Å²) in [5.74, 6) is -1.61. The highest BCUT2D eigenvalue weighted by Gasteiger charge is 2.33. The quantitative estimate of drug-likeness (QED) is 0.242. The first kappa shape index (κ1) is 30.5. The van der Waals surface area contributed by atoms with Gasteiger partial charge in [0.1, 0.15) is 25.0 Å². The van der Waals surface area contributed by atoms with Crippen LogP contribution in [0, 0.1) is 11.3 Å². The van der Waals surface area contributed by atoms with Gasteiger partial charge in [0.25, 0.3) is 0 Å². The number of carbonyl (C=O) groups excluding carboxylic acids is 5. The van der Waals surface area contributed by atoms with E-state index in [1.807, 2.05) is 51.1 Å². The molecule has 4 N–H and O–H groups in total. The van der Waals surface area contributed by atoms with Crippen LogP contribution in [-0.2, 0) is 30.5 Å². The summed E-state index contributed by atoms with van der Waals surface area (Å²) in [4.78, 5) is 62.6. The van der Waals surface area contributed by atoms with E-state index in [0.29, 0.717) is 24.8 Å². The van der Waals surface area contributed by atoms with Gasteiger partial charge in [-0.1, -0.05) is 57.2 Å². The highest BCUT2D eigenvalue weighted by Crippen LogP contribution is 2.22. The van der Waals surface area contributed by atoms with Crippen molar-refractivity contribution in [3.05, 3.63) is 47.5 Å². The molecule has 0 bridgehead atoms. The van der Waals surface area contributed by atoms with Crippen LogP contribution in [0.15, 0.2) is 42.0 Å². The average molecular weight is 529 g/mol. The van der Waals surface area contributed by atoms with Gasteiger partial charge in [0.2, 0.25) is 17.7 Å². The van der Waals surface area contributed by atoms with Crippen LogP contribution in [0.4, 0.5) is 4.79 Å². The molecule has 0 aromatic heterocycles. The van der Waals surface area contributed by atoms with E-state index in [1.165, 1.54) is 0 Å². The van der Waals surface area contributed by atoms with Gasteiger partial charge >= 0.3 is 6.09 Å². The average Bonchev–Trinajstić information content (AvgIpc) is 3.28. The van der Waals surface area contributed by atoms with Crippen LogP contribution >= 0.6 is 0 Å². The Labute approximate surface area is 224 Å². The van der Waals surface area contributed by atoms with E-state index >= 15 is 0 Å². The summed E-state index contributed by atoms with van der Waals surface area (Å²) < 4.78 is 5.27. The number of allylic oxidation sites excluding steroid dienone is 1. The normalized spacial score (nSPS) is 18.0. The lowest BCUT2D eigenvalue weighted by atomic mass is 9.87. The van der Waals surface area contributed by atoms with Crippen LogP contribution in [0.5, 0.6) is 0 Å². The van der Waals surface area contributed by atoms with E-state index in [2.05, 4.69) is 21.3 Å². The number of alkyl carbamates (subject to hydrolysis) is 1. The van der Waals surface area contributed by atoms with Gasteiger partial charge in [-0.15, -0.1) is 0 Å². The van der Waals surface area contributed by atoms with Gasteiger partial charge in [0.05, 0.1) is 6.04 Å². The summed E-state index contributed by atoms with van der Waals surface area (Å²) in [6.07, 6.45) is 2.58. The third kappa shape index (κ3) is 9.99. The van der Waals surface area contributed by atoms with E-state index in [9.17, 15) is 24.0 Å². The first-order valence-electron chi connectivity index (χ1n) is 12.9. The molecular formula is C28H40N4O6. The van der Waals surface area contributed by atoms with Crippen molar-refractivity contribution in [2.45, 2.75) is 78.6 Å². The Bertz CT molecular complexity index is 1020. The van der Waals surface area contributed by atoms with E-state index in [0.717, 1.165) is 5.56 Å². The molecule has 1 saturated heterocycles. The van der Waals surface area contributed by atoms with Gasteiger partial charge in [-0.25, -0.2) is 4.79 Å². The monoisotopic (exact) mass is 528 g/mol. The number of amides is 4. The van der Waals surface area contributed by atoms with Crippen molar-refractivity contribution in [2.75, 3.05) is 6.54 Å². The SMILES string of the molecule is C/C=C(/C)[C@H](NC(=O)OCc1ccccc1)C(=O)N[C@@H](CC(C)(C)C)C(=O)N[C@H](C=O)C[C@@H]1CCNC1=O. The zero-order chi connectivity index (χ0) is 28.3. The molecule has 10 nitrogen and oxygen atoms in total. The third-order valence-electron chi connectivity index (χ3n) is 6.29. The Morgan fingerprint density at radius 3 is 2.34 bits per heavy atom. The molecule has 10 heteroatoms. The molecule has 208 valence electrons. The fourth-order valence-electron chi connectivity index (χ4n) is 4.12. The molecule has 4 atom stereocenters. The second-order valence-electron chi connectivity index (χ2n) is 10.8. The maximum atomic E-state index is 13.3. The van der Waals surface area contributed by atoms with Crippen molar-refractivity contribution in [2.24, 2.45) is 11.3 Å². The number of rotatable bonds is 12. The van der Waals surface area contributed by atoms with Crippen molar-refractivity contribution >= 4 is 30.1 Å². The number of benzene rings is 1. The lowest BCUT2D eigenvalue weighted by Gasteiger charge is -2.29. The fourth-order valence-corrected chi connectivity index (χ4v) is 4.12. The number of carbonyl (C=O) groups is 5. The molecule has 0 unspecified atom stereocenters. The van der Waals surface area contributed by atoms with E-state index in [-0.39, 0.29) is 36.7 Å². The topological polar surface area (TPSA) is 143 Å². The van der Waals surface area contributed by atoms with Crippen LogP contribution in [0.3, 0.4) is 0 Å². The smallest absolute Gasteiger partial charge is 0.408 e. The maximum absolute atomic E-state index is 13.3. The summed E-state index contributed by atoms with van der Waals surface area (Å²) in [5, 5.41) is 10.7. The molecule has 1 fully saturated rings. The molecule has 0 aliphatic carbocycles. The zero-order valence-corrected chi connectivity index (χ0v) is 22.8. The predicted octanol–water partition coefficient (Wildman–Crippen LogP) is 2.38. The third-order valence-corrected chi connectivity index (χ3v) is 6.29. The lowest BCUT2D eigenvalue weighted by molar-refractivity contribution is -0.131. The maximum Gasteiger partial charge on any atom is 0.408 e. The highest BCUT2D eigenvalue weighted by molar-refractivity contribution is 5.93. The number of hydrogen-bond acceptors (Lipinski definition) is 6. The van der Waals surface area contributed by atoms with Crippen molar-refractivity contribution in [1.29, 1.82) is 0 Å². The van der Waals surface area contributed by atoms with Gasteiger partial charge < -0.3 is 30.8 Å². The summed E-state index contributed by atoms with van der Waals surface area (Å²) in [6.45, 7) is 9.78. The highest BCUT2D eigenvalue weighted by atomic mass is 16.5. The van der Waals surface area contributed by atoms with Crippen LogP contribution in [0.2, 0.25) is 0 Å². The van der Waals surface area contributed by atoms with Crippen LogP contribution in [-0.4, -0.2) is 54.8 Å². The summed E-state index contributed by atoms with van der Waals surface area (Å²) in [7, 11) is 0. The minimum atomic E-state index is -1.07. The Kier molecular flexibility index (Phi) is 11.5. The molecule has 1 aromatic rings. The molecule has 1 aliphatic rings. The Balaban J connectivity index is 2.09. The molecule has 0 radical (unpaired) electrons. The molecule has 38 heavy (non-hydrogen) atoms. The standard InChI is InChI=1S/C28H40N4O6/c1-6-18(2)23(32-27(37)38-17-19-10-8-7-9-11-19)26(36)31-22(15-28(3,4)5)25(35)30-21(16-33)14-20-12-13-29-24(20)34/h6-11,16,20-23H,12-15,17H2,1-5H3,(H,29,34)(H,30,35)(H,31,36)(H,32,37)/b18-6-/t20-,21-,22-,23-/m0/s1. The van der Waals surface area contributed by atoms with Gasteiger partial charge in [-0.2, -0.15) is 0 Å². The Morgan fingerprint density at radius 2 is 1.79 bits per heavy atom. The lowest BCUT2D eigenvalue weighted by Crippen LogP contribution is -2.56. The van der Waals surface area contributed by atoms with E-state index in [4.69, 9.17) is 4.74 Å². The van der Waals surface area contributed by atoms with E-state index in [1.54, 1.807) is 19.9 Å². The Hall–Kier alpha value is -3.69. The first-order valence-corrected chi connectivity index (χ1v) is 12.9. The molecule has 1 heterocycles. The van der Waals surface area contributed by atoms with Gasteiger partial charge in [-0.05, 0) is 49.7 Å². The molecule has 1 aromatic carbocycles. The molecule has 2 rings (SSSR count). The molecular weight excluding hydrogens is 488 g/mol. The Morgan fingerprint density at radius 1 is 1.11 bits per heavy atom. The van der Waals surface area contributed by atoms with Gasteiger partial charge in [-0.3, -0.25) is 14.4 Å². The van der Waals surface area contributed by atoms with Crippen molar-refractivity contribution < 1.29 is 28.7 Å². The van der Waals surface area contributed by atoms with E-state index < -0.39 is 36.0 Å². The minimum Gasteiger partial charge on any atom is -0.445 e. The number of aldehydes is 1. The second-order valence-corrected chi connectivity index (χ2v) is 10.8. The summed E-state index contributed by atoms with van der Waals surface area (Å²) >= 11 is 0. The number of ether oxygens (including phenoxy) is 1. The first-order chi connectivity index (χ1) is 17.9. The summed E-state index contributed by atoms with van der Waals surface area (Å²) in [6, 6.07) is 6.23. The number of nitrogens with one attached hydrogen (secondary N) is 4. The zero-order valence-electron chi connectivity index (χ0n) is 22.8. The van der Waals surface area contributed by atoms with Crippen LogP contribution < -0.4 is 21.3 Å². The van der Waals surface area contributed by atoms with Crippen LogP contribution in [0.1, 0.15) is 59.4 Å². The van der Waals surface area contributed by atoms with Gasteiger partial charge in [0.15, 0.2) is 0 Å². The van der Waals surface area contributed by atoms with Crippen molar-refractivity contribution in [3.63, 3.8) is 0 Å². The molecule has 1 aliphatic heterocycles. The molecule has 0 spiro atoms. The van der Waals surface area contributed by atoms with Crippen molar-refractivity contribution in [1.82, 2.24) is 21.3 Å². The number of hydrogen-bond donors (Lipinski definition) is 4. The predicted molar refractivity (Wildman–Crippen MR) is 143 cm³/mol. The van der Waals surface area contributed by atoms with Crippen LogP contribution in [0.25, 0.3) is 0 Å². The van der Waals surface area contributed by atoms with Crippen molar-refractivity contribution in [3.8, 4) is 0 Å². The largest absolute Gasteiger partial charge is 0.445 e.